The Morgan fingerprint density at radius 1 is 1.11 bits per heavy atom. The number of methoxy groups -OCH3 is 3. The molecule has 1 aromatic rings. The molecule has 150 valence electrons. The van der Waals surface area contributed by atoms with Crippen molar-refractivity contribution in [3.05, 3.63) is 17.7 Å². The van der Waals surface area contributed by atoms with Crippen LogP contribution in [0.2, 0.25) is 0 Å². The van der Waals surface area contributed by atoms with E-state index in [1.807, 2.05) is 0 Å². The highest BCUT2D eigenvalue weighted by molar-refractivity contribution is 5.95. The van der Waals surface area contributed by atoms with E-state index in [0.717, 1.165) is 4.90 Å². The molecule has 1 aliphatic rings. The van der Waals surface area contributed by atoms with Gasteiger partial charge in [-0.2, -0.15) is 0 Å². The van der Waals surface area contributed by atoms with Crippen molar-refractivity contribution in [3.63, 3.8) is 0 Å². The van der Waals surface area contributed by atoms with Crippen molar-refractivity contribution in [3.8, 4) is 17.2 Å². The first-order valence-electron chi connectivity index (χ1n) is 8.26. The number of aliphatic carboxylic acids is 1. The molecule has 10 nitrogen and oxygen atoms in total. The van der Waals surface area contributed by atoms with E-state index in [-0.39, 0.29) is 18.4 Å². The lowest BCUT2D eigenvalue weighted by molar-refractivity contribution is -0.164. The molecule has 3 atom stereocenters. The van der Waals surface area contributed by atoms with E-state index in [9.17, 15) is 19.8 Å². The first-order valence-corrected chi connectivity index (χ1v) is 8.26. The molecule has 1 heterocycles. The second-order valence-electron chi connectivity index (χ2n) is 6.03. The molecule has 1 saturated heterocycles. The van der Waals surface area contributed by atoms with Gasteiger partial charge in [0.05, 0.1) is 27.4 Å². The number of hydrogen-bond donors (Lipinski definition) is 4. The SMILES string of the molecule is COc1cc(C(=O)NC2CCC(O)N(CC(=O)O)C2O)cc(OC)c1OC. The van der Waals surface area contributed by atoms with Gasteiger partial charge in [0, 0.05) is 5.56 Å². The molecule has 0 spiro atoms. The molecule has 0 aromatic heterocycles. The second kappa shape index (κ2) is 8.89. The van der Waals surface area contributed by atoms with Crippen LogP contribution in [0, 0.1) is 0 Å². The van der Waals surface area contributed by atoms with Crippen LogP contribution >= 0.6 is 0 Å². The lowest BCUT2D eigenvalue weighted by atomic mass is 10.0. The van der Waals surface area contributed by atoms with Crippen LogP contribution in [0.1, 0.15) is 23.2 Å². The molecule has 3 unspecified atom stereocenters. The molecule has 1 fully saturated rings. The van der Waals surface area contributed by atoms with Crippen molar-refractivity contribution >= 4 is 11.9 Å². The summed E-state index contributed by atoms with van der Waals surface area (Å²) in [5.41, 5.74) is 0.215. The Labute approximate surface area is 156 Å². The zero-order valence-corrected chi connectivity index (χ0v) is 15.3. The molecule has 10 heteroatoms. The van der Waals surface area contributed by atoms with Crippen molar-refractivity contribution in [2.45, 2.75) is 31.3 Å². The topological polar surface area (TPSA) is 138 Å². The Morgan fingerprint density at radius 2 is 1.70 bits per heavy atom. The van der Waals surface area contributed by atoms with Crippen molar-refractivity contribution in [1.82, 2.24) is 10.2 Å². The first kappa shape index (κ1) is 20.7. The van der Waals surface area contributed by atoms with E-state index >= 15 is 0 Å². The Morgan fingerprint density at radius 3 is 2.19 bits per heavy atom. The van der Waals surface area contributed by atoms with Crippen LogP contribution in [0.4, 0.5) is 0 Å². The van der Waals surface area contributed by atoms with Crippen molar-refractivity contribution in [2.24, 2.45) is 0 Å². The van der Waals surface area contributed by atoms with E-state index in [0.29, 0.717) is 17.2 Å². The zero-order chi connectivity index (χ0) is 20.1. The van der Waals surface area contributed by atoms with Gasteiger partial charge in [0.25, 0.3) is 5.91 Å². The molecule has 0 aliphatic carbocycles. The Hall–Kier alpha value is -2.56. The lowest BCUT2D eigenvalue weighted by Crippen LogP contribution is -2.59. The highest BCUT2D eigenvalue weighted by Gasteiger charge is 2.37. The van der Waals surface area contributed by atoms with Gasteiger partial charge in [-0.05, 0) is 25.0 Å². The average Bonchev–Trinajstić information content (AvgIpc) is 2.65. The minimum atomic E-state index is -1.34. The number of hydrogen-bond acceptors (Lipinski definition) is 8. The zero-order valence-electron chi connectivity index (χ0n) is 15.3. The highest BCUT2D eigenvalue weighted by atomic mass is 16.5. The number of piperidine rings is 1. The minimum absolute atomic E-state index is 0.213. The number of nitrogens with one attached hydrogen (secondary N) is 1. The second-order valence-corrected chi connectivity index (χ2v) is 6.03. The molecule has 4 N–H and O–H groups in total. The van der Waals surface area contributed by atoms with Gasteiger partial charge in [-0.15, -0.1) is 0 Å². The van der Waals surface area contributed by atoms with Crippen LogP contribution in [0.3, 0.4) is 0 Å². The number of carbonyl (C=O) groups is 2. The van der Waals surface area contributed by atoms with Crippen molar-refractivity contribution in [2.75, 3.05) is 27.9 Å². The molecule has 1 amide bonds. The average molecular weight is 384 g/mol. The molecular weight excluding hydrogens is 360 g/mol. The summed E-state index contributed by atoms with van der Waals surface area (Å²) in [6, 6.07) is 2.19. The molecule has 0 bridgehead atoms. The third kappa shape index (κ3) is 4.59. The van der Waals surface area contributed by atoms with Gasteiger partial charge in [-0.1, -0.05) is 0 Å². The molecule has 27 heavy (non-hydrogen) atoms. The third-order valence-electron chi connectivity index (χ3n) is 4.38. The third-order valence-corrected chi connectivity index (χ3v) is 4.38. The van der Waals surface area contributed by atoms with E-state index in [2.05, 4.69) is 5.32 Å². The van der Waals surface area contributed by atoms with Gasteiger partial charge < -0.3 is 34.8 Å². The Bertz CT molecular complexity index is 671. The number of amides is 1. The maximum absolute atomic E-state index is 12.6. The Balaban J connectivity index is 2.20. The van der Waals surface area contributed by atoms with Crippen molar-refractivity contribution < 1.29 is 39.1 Å². The fraction of sp³-hybridized carbons (Fsp3) is 0.529. The van der Waals surface area contributed by atoms with Crippen LogP contribution in [-0.2, 0) is 4.79 Å². The maximum atomic E-state index is 12.6. The Kier molecular flexibility index (Phi) is 6.83. The lowest BCUT2D eigenvalue weighted by Gasteiger charge is -2.40. The van der Waals surface area contributed by atoms with Gasteiger partial charge >= 0.3 is 5.97 Å². The van der Waals surface area contributed by atoms with Crippen LogP contribution < -0.4 is 19.5 Å². The monoisotopic (exact) mass is 384 g/mol. The standard InChI is InChI=1S/C17H24N2O8/c1-25-11-6-9(7-12(26-2)15(11)27-3)16(23)18-10-4-5-13(20)19(17(10)24)8-14(21)22/h6-7,10,13,17,20,24H,4-5,8H2,1-3H3,(H,18,23)(H,21,22). The van der Waals surface area contributed by atoms with Gasteiger partial charge in [0.1, 0.15) is 19.0 Å². The molecule has 2 rings (SSSR count). The predicted molar refractivity (Wildman–Crippen MR) is 92.9 cm³/mol. The first-order chi connectivity index (χ1) is 12.8. The molecule has 0 radical (unpaired) electrons. The number of carboxylic acid groups (broad SMARTS) is 1. The smallest absolute Gasteiger partial charge is 0.317 e. The summed E-state index contributed by atoms with van der Waals surface area (Å²) in [6.45, 7) is -0.543. The van der Waals surface area contributed by atoms with Crippen molar-refractivity contribution in [1.29, 1.82) is 0 Å². The number of ether oxygens (including phenoxy) is 3. The normalized spacial score (nSPS) is 22.8. The quantitative estimate of drug-likeness (QED) is 0.496. The molecular formula is C17H24N2O8. The number of likely N-dealkylation sites (tertiary alicyclic amines) is 1. The predicted octanol–water partition coefficient (Wildman–Crippen LogP) is -0.372. The summed E-state index contributed by atoms with van der Waals surface area (Å²) in [5.74, 6) is -0.761. The number of carboxylic acids is 1. The van der Waals surface area contributed by atoms with Crippen LogP contribution in [-0.4, -0.2) is 78.5 Å². The molecule has 1 aromatic carbocycles. The summed E-state index contributed by atoms with van der Waals surface area (Å²) >= 11 is 0. The molecule has 0 saturated carbocycles. The summed E-state index contributed by atoms with van der Waals surface area (Å²) in [5, 5.41) is 31.8. The van der Waals surface area contributed by atoms with E-state index in [1.54, 1.807) is 0 Å². The molecule has 1 aliphatic heterocycles. The van der Waals surface area contributed by atoms with Crippen LogP contribution in [0.15, 0.2) is 12.1 Å². The van der Waals surface area contributed by atoms with Crippen LogP contribution in [0.25, 0.3) is 0 Å². The summed E-state index contributed by atoms with van der Waals surface area (Å²) < 4.78 is 15.6. The largest absolute Gasteiger partial charge is 0.493 e. The van der Waals surface area contributed by atoms with E-state index in [1.165, 1.54) is 33.5 Å². The number of carbonyl (C=O) groups excluding carboxylic acids is 1. The van der Waals surface area contributed by atoms with Crippen LogP contribution in [0.5, 0.6) is 17.2 Å². The van der Waals surface area contributed by atoms with Gasteiger partial charge in [0.2, 0.25) is 5.75 Å². The number of aliphatic hydroxyl groups excluding tert-OH is 2. The minimum Gasteiger partial charge on any atom is -0.493 e. The summed E-state index contributed by atoms with van der Waals surface area (Å²) in [4.78, 5) is 24.6. The number of aliphatic hydroxyl groups is 2. The number of benzene rings is 1. The summed E-state index contributed by atoms with van der Waals surface area (Å²) in [6.07, 6.45) is -1.93. The van der Waals surface area contributed by atoms with E-state index in [4.69, 9.17) is 19.3 Å². The van der Waals surface area contributed by atoms with Gasteiger partial charge in [-0.3, -0.25) is 9.59 Å². The highest BCUT2D eigenvalue weighted by Crippen LogP contribution is 2.38. The van der Waals surface area contributed by atoms with E-state index < -0.39 is 36.9 Å². The fourth-order valence-corrected chi connectivity index (χ4v) is 3.02. The van der Waals surface area contributed by atoms with Gasteiger partial charge in [0.15, 0.2) is 11.5 Å². The number of rotatable bonds is 7. The fourth-order valence-electron chi connectivity index (χ4n) is 3.02. The van der Waals surface area contributed by atoms with Gasteiger partial charge in [-0.25, -0.2) is 4.90 Å². The number of nitrogens with zero attached hydrogens (tertiary/aromatic N) is 1. The maximum Gasteiger partial charge on any atom is 0.317 e. The summed E-state index contributed by atoms with van der Waals surface area (Å²) in [7, 11) is 4.30.